The van der Waals surface area contributed by atoms with Crippen molar-refractivity contribution in [3.63, 3.8) is 0 Å². The van der Waals surface area contributed by atoms with Crippen molar-refractivity contribution in [1.29, 1.82) is 0 Å². The van der Waals surface area contributed by atoms with Crippen LogP contribution in [0.3, 0.4) is 0 Å². The second-order valence-electron chi connectivity index (χ2n) is 3.71. The summed E-state index contributed by atoms with van der Waals surface area (Å²) >= 11 is 7.28. The average Bonchev–Trinajstić information content (AvgIpc) is 2.81. The molecular formula is C12H12ClN3OS. The minimum absolute atomic E-state index is 0.122. The largest absolute Gasteiger partial charge is 0.331 e. The molecule has 0 aliphatic carbocycles. The molecule has 2 N–H and O–H groups in total. The summed E-state index contributed by atoms with van der Waals surface area (Å²) in [6, 6.07) is 7.00. The number of amides is 2. The van der Waals surface area contributed by atoms with Crippen LogP contribution in [-0.4, -0.2) is 11.0 Å². The molecule has 18 heavy (non-hydrogen) atoms. The first-order valence-electron chi connectivity index (χ1n) is 5.37. The fourth-order valence-electron chi connectivity index (χ4n) is 1.47. The van der Waals surface area contributed by atoms with Crippen LogP contribution < -0.4 is 10.6 Å². The number of hydrogen-bond acceptors (Lipinski definition) is 3. The van der Waals surface area contributed by atoms with Crippen LogP contribution in [0.1, 0.15) is 18.5 Å². The van der Waals surface area contributed by atoms with Crippen molar-refractivity contribution in [3.05, 3.63) is 46.4 Å². The highest BCUT2D eigenvalue weighted by molar-refractivity contribution is 7.13. The summed E-state index contributed by atoms with van der Waals surface area (Å²) in [7, 11) is 0. The van der Waals surface area contributed by atoms with Gasteiger partial charge in [0.2, 0.25) is 0 Å². The quantitative estimate of drug-likeness (QED) is 0.902. The fourth-order valence-corrected chi connectivity index (χ4v) is 2.20. The summed E-state index contributed by atoms with van der Waals surface area (Å²) in [4.78, 5) is 15.7. The first-order chi connectivity index (χ1) is 8.65. The first kappa shape index (κ1) is 12.9. The summed E-state index contributed by atoms with van der Waals surface area (Å²) in [5.74, 6) is 0. The van der Waals surface area contributed by atoms with E-state index in [1.165, 1.54) is 11.3 Å². The molecule has 2 aromatic rings. The second-order valence-corrected chi connectivity index (χ2v) is 5.04. The van der Waals surface area contributed by atoms with Crippen molar-refractivity contribution in [2.75, 3.05) is 5.32 Å². The number of urea groups is 1. The van der Waals surface area contributed by atoms with Gasteiger partial charge in [0, 0.05) is 16.6 Å². The van der Waals surface area contributed by atoms with Gasteiger partial charge in [0.05, 0.1) is 6.04 Å². The average molecular weight is 282 g/mol. The van der Waals surface area contributed by atoms with Gasteiger partial charge in [0.1, 0.15) is 0 Å². The molecule has 1 aromatic heterocycles. The molecule has 2 rings (SSSR count). The number of nitrogens with zero attached hydrogens (tertiary/aromatic N) is 1. The molecule has 1 aromatic carbocycles. The minimum Gasteiger partial charge on any atom is -0.331 e. The van der Waals surface area contributed by atoms with E-state index in [1.54, 1.807) is 17.6 Å². The maximum Gasteiger partial charge on any atom is 0.321 e. The number of aromatic nitrogens is 1. The standard InChI is InChI=1S/C12H12ClN3OS/c1-8(9-3-2-4-10(13)7-9)15-11(17)16-12-14-5-6-18-12/h2-8H,1H3,(H2,14,15,16,17). The molecule has 0 bridgehead atoms. The third kappa shape index (κ3) is 3.45. The van der Waals surface area contributed by atoms with E-state index in [-0.39, 0.29) is 12.1 Å². The molecule has 0 saturated heterocycles. The van der Waals surface area contributed by atoms with Crippen LogP contribution in [0.25, 0.3) is 0 Å². The smallest absolute Gasteiger partial charge is 0.321 e. The third-order valence-electron chi connectivity index (χ3n) is 2.35. The van der Waals surface area contributed by atoms with Crippen molar-refractivity contribution in [2.24, 2.45) is 0 Å². The van der Waals surface area contributed by atoms with Crippen LogP contribution in [0, 0.1) is 0 Å². The molecule has 94 valence electrons. The van der Waals surface area contributed by atoms with Gasteiger partial charge in [-0.3, -0.25) is 5.32 Å². The molecule has 0 saturated carbocycles. The number of carbonyl (C=O) groups is 1. The van der Waals surface area contributed by atoms with E-state index in [0.717, 1.165) is 5.56 Å². The molecule has 0 aliphatic rings. The number of benzene rings is 1. The lowest BCUT2D eigenvalue weighted by Gasteiger charge is -2.14. The van der Waals surface area contributed by atoms with Crippen LogP contribution in [0.2, 0.25) is 5.02 Å². The monoisotopic (exact) mass is 281 g/mol. The lowest BCUT2D eigenvalue weighted by Crippen LogP contribution is -2.31. The van der Waals surface area contributed by atoms with Crippen molar-refractivity contribution >= 4 is 34.1 Å². The molecule has 0 fully saturated rings. The molecule has 1 atom stereocenters. The zero-order valence-corrected chi connectivity index (χ0v) is 11.3. The normalized spacial score (nSPS) is 11.9. The maximum atomic E-state index is 11.7. The van der Waals surface area contributed by atoms with Crippen LogP contribution >= 0.6 is 22.9 Å². The summed E-state index contributed by atoms with van der Waals surface area (Å²) in [5.41, 5.74) is 0.955. The van der Waals surface area contributed by atoms with Crippen LogP contribution in [-0.2, 0) is 0 Å². The Morgan fingerprint density at radius 3 is 3.00 bits per heavy atom. The number of halogens is 1. The van der Waals surface area contributed by atoms with Crippen LogP contribution in [0.5, 0.6) is 0 Å². The third-order valence-corrected chi connectivity index (χ3v) is 3.27. The molecule has 1 unspecified atom stereocenters. The molecular weight excluding hydrogens is 270 g/mol. The lowest BCUT2D eigenvalue weighted by atomic mass is 10.1. The van der Waals surface area contributed by atoms with Gasteiger partial charge in [-0.1, -0.05) is 23.7 Å². The number of hydrogen-bond donors (Lipinski definition) is 2. The second kappa shape index (κ2) is 5.84. The molecule has 6 heteroatoms. The highest BCUT2D eigenvalue weighted by atomic mass is 35.5. The number of rotatable bonds is 3. The van der Waals surface area contributed by atoms with Gasteiger partial charge in [-0.25, -0.2) is 9.78 Å². The van der Waals surface area contributed by atoms with Crippen molar-refractivity contribution in [2.45, 2.75) is 13.0 Å². The van der Waals surface area contributed by atoms with Crippen molar-refractivity contribution in [3.8, 4) is 0 Å². The SMILES string of the molecule is CC(NC(=O)Nc1nccs1)c1cccc(Cl)c1. The van der Waals surface area contributed by atoms with E-state index >= 15 is 0 Å². The van der Waals surface area contributed by atoms with Gasteiger partial charge < -0.3 is 5.32 Å². The number of nitrogens with one attached hydrogen (secondary N) is 2. The molecule has 2 amide bonds. The Hall–Kier alpha value is -1.59. The van der Waals surface area contributed by atoms with E-state index in [4.69, 9.17) is 11.6 Å². The molecule has 0 radical (unpaired) electrons. The van der Waals surface area contributed by atoms with Crippen molar-refractivity contribution in [1.82, 2.24) is 10.3 Å². The molecule has 4 nitrogen and oxygen atoms in total. The predicted octanol–water partition coefficient (Wildman–Crippen LogP) is 3.68. The van der Waals surface area contributed by atoms with Crippen molar-refractivity contribution < 1.29 is 4.79 Å². The zero-order chi connectivity index (χ0) is 13.0. The van der Waals surface area contributed by atoms with Gasteiger partial charge in [-0.05, 0) is 24.6 Å². The number of anilines is 1. The Bertz CT molecular complexity index is 530. The van der Waals surface area contributed by atoms with E-state index in [1.807, 2.05) is 25.1 Å². The summed E-state index contributed by atoms with van der Waals surface area (Å²) in [5, 5.41) is 8.51. The Labute approximate surface area is 114 Å². The van der Waals surface area contributed by atoms with E-state index in [9.17, 15) is 4.79 Å². The maximum absolute atomic E-state index is 11.7. The summed E-state index contributed by atoms with van der Waals surface area (Å²) in [6.45, 7) is 1.90. The zero-order valence-electron chi connectivity index (χ0n) is 9.68. The van der Waals surface area contributed by atoms with E-state index < -0.39 is 0 Å². The first-order valence-corrected chi connectivity index (χ1v) is 6.63. The van der Waals surface area contributed by atoms with Gasteiger partial charge in [-0.2, -0.15) is 0 Å². The van der Waals surface area contributed by atoms with Crippen LogP contribution in [0.4, 0.5) is 9.93 Å². The van der Waals surface area contributed by atoms with Crippen LogP contribution in [0.15, 0.2) is 35.8 Å². The lowest BCUT2D eigenvalue weighted by molar-refractivity contribution is 0.249. The Morgan fingerprint density at radius 1 is 1.50 bits per heavy atom. The summed E-state index contributed by atoms with van der Waals surface area (Å²) in [6.07, 6.45) is 1.64. The van der Waals surface area contributed by atoms with Gasteiger partial charge in [0.15, 0.2) is 5.13 Å². The highest BCUT2D eigenvalue weighted by Crippen LogP contribution is 2.17. The topological polar surface area (TPSA) is 54.0 Å². The Morgan fingerprint density at radius 2 is 2.33 bits per heavy atom. The minimum atomic E-state index is -0.280. The predicted molar refractivity (Wildman–Crippen MR) is 74.1 cm³/mol. The van der Waals surface area contributed by atoms with E-state index in [0.29, 0.717) is 10.2 Å². The highest BCUT2D eigenvalue weighted by Gasteiger charge is 2.10. The van der Waals surface area contributed by atoms with Gasteiger partial charge in [0.25, 0.3) is 0 Å². The Kier molecular flexibility index (Phi) is 4.17. The number of carbonyl (C=O) groups excluding carboxylic acids is 1. The summed E-state index contributed by atoms with van der Waals surface area (Å²) < 4.78 is 0. The fraction of sp³-hybridized carbons (Fsp3) is 0.167. The molecule has 1 heterocycles. The van der Waals surface area contributed by atoms with E-state index in [2.05, 4.69) is 15.6 Å². The number of thiazole rings is 1. The Balaban J connectivity index is 1.95. The van der Waals surface area contributed by atoms with Gasteiger partial charge in [-0.15, -0.1) is 11.3 Å². The van der Waals surface area contributed by atoms with Gasteiger partial charge >= 0.3 is 6.03 Å². The molecule has 0 spiro atoms. The molecule has 0 aliphatic heterocycles.